The minimum Gasteiger partial charge on any atom is -0.493 e. The maximum absolute atomic E-state index is 12.6. The van der Waals surface area contributed by atoms with Gasteiger partial charge in [-0.3, -0.25) is 4.79 Å². The van der Waals surface area contributed by atoms with E-state index in [9.17, 15) is 4.79 Å². The molecule has 3 rings (SSSR count). The van der Waals surface area contributed by atoms with Crippen molar-refractivity contribution in [3.63, 3.8) is 0 Å². The molecule has 2 aromatic heterocycles. The number of hydrogen-bond donors (Lipinski definition) is 2. The third-order valence-electron chi connectivity index (χ3n) is 3.68. The minimum atomic E-state index is -0.276. The fourth-order valence-electron chi connectivity index (χ4n) is 2.47. The second-order valence-electron chi connectivity index (χ2n) is 5.18. The van der Waals surface area contributed by atoms with Crippen molar-refractivity contribution in [2.75, 3.05) is 25.3 Å². The van der Waals surface area contributed by atoms with Crippen molar-refractivity contribution in [2.24, 2.45) is 0 Å². The molecule has 0 fully saturated rings. The number of nitrogen functional groups attached to an aromatic ring is 1. The maximum Gasteiger partial charge on any atom is 0.267 e. The summed E-state index contributed by atoms with van der Waals surface area (Å²) in [7, 11) is 3.10. The molecule has 0 aliphatic rings. The summed E-state index contributed by atoms with van der Waals surface area (Å²) >= 11 is 1.28. The lowest BCUT2D eigenvalue weighted by molar-refractivity contribution is 0.103. The Morgan fingerprint density at radius 3 is 2.62 bits per heavy atom. The number of benzene rings is 1. The number of aryl methyl sites for hydroxylation is 1. The molecule has 1 aromatic carbocycles. The Morgan fingerprint density at radius 1 is 1.21 bits per heavy atom. The van der Waals surface area contributed by atoms with Crippen molar-refractivity contribution >= 4 is 38.8 Å². The Balaban J connectivity index is 1.93. The van der Waals surface area contributed by atoms with E-state index in [0.717, 1.165) is 15.8 Å². The van der Waals surface area contributed by atoms with Crippen LogP contribution in [0.5, 0.6) is 11.5 Å². The van der Waals surface area contributed by atoms with Gasteiger partial charge in [0.1, 0.15) is 9.71 Å². The zero-order valence-electron chi connectivity index (χ0n) is 13.5. The van der Waals surface area contributed by atoms with Crippen LogP contribution in [0.25, 0.3) is 10.2 Å². The fraction of sp³-hybridized carbons (Fsp3) is 0.176. The number of methoxy groups -OCH3 is 2. The first-order valence-corrected chi connectivity index (χ1v) is 8.03. The highest BCUT2D eigenvalue weighted by atomic mass is 32.1. The van der Waals surface area contributed by atoms with Crippen LogP contribution in [0.15, 0.2) is 30.5 Å². The van der Waals surface area contributed by atoms with Gasteiger partial charge in [0.25, 0.3) is 5.91 Å². The second kappa shape index (κ2) is 6.37. The topological polar surface area (TPSA) is 86.5 Å². The van der Waals surface area contributed by atoms with Gasteiger partial charge in [-0.1, -0.05) is 0 Å². The largest absolute Gasteiger partial charge is 0.493 e. The number of rotatable bonds is 4. The quantitative estimate of drug-likeness (QED) is 0.757. The number of thiophene rings is 1. The first-order chi connectivity index (χ1) is 11.5. The van der Waals surface area contributed by atoms with Crippen LogP contribution in [0, 0.1) is 6.92 Å². The molecule has 0 saturated carbocycles. The molecule has 0 saturated heterocycles. The van der Waals surface area contributed by atoms with E-state index < -0.39 is 0 Å². The average molecular weight is 343 g/mol. The number of nitrogens with two attached hydrogens (primary N) is 1. The average Bonchev–Trinajstić information content (AvgIpc) is 2.93. The molecule has 7 heteroatoms. The van der Waals surface area contributed by atoms with Gasteiger partial charge in [0.05, 0.1) is 19.9 Å². The van der Waals surface area contributed by atoms with E-state index in [1.807, 2.05) is 13.0 Å². The summed E-state index contributed by atoms with van der Waals surface area (Å²) in [5.74, 6) is 0.857. The van der Waals surface area contributed by atoms with E-state index in [1.165, 1.54) is 11.3 Å². The minimum absolute atomic E-state index is 0.276. The van der Waals surface area contributed by atoms with Crippen LogP contribution < -0.4 is 20.5 Å². The number of nitrogens with zero attached hydrogens (tertiary/aromatic N) is 1. The highest BCUT2D eigenvalue weighted by Crippen LogP contribution is 2.35. The number of pyridine rings is 1. The lowest BCUT2D eigenvalue weighted by Gasteiger charge is -2.10. The summed E-state index contributed by atoms with van der Waals surface area (Å²) in [4.78, 5) is 18.1. The Bertz CT molecular complexity index is 921. The Kier molecular flexibility index (Phi) is 4.26. The highest BCUT2D eigenvalue weighted by molar-refractivity contribution is 7.21. The predicted octanol–water partition coefficient (Wildman–Crippen LogP) is 3.46. The molecule has 3 N–H and O–H groups in total. The second-order valence-corrected chi connectivity index (χ2v) is 6.18. The molecule has 0 radical (unpaired) electrons. The van der Waals surface area contributed by atoms with Crippen LogP contribution in [0.2, 0.25) is 0 Å². The molecule has 0 spiro atoms. The van der Waals surface area contributed by atoms with Gasteiger partial charge in [-0.15, -0.1) is 11.3 Å². The molecular formula is C17H17N3O3S. The number of anilines is 2. The van der Waals surface area contributed by atoms with Crippen molar-refractivity contribution in [2.45, 2.75) is 6.92 Å². The molecule has 124 valence electrons. The first-order valence-electron chi connectivity index (χ1n) is 7.22. The van der Waals surface area contributed by atoms with Crippen molar-refractivity contribution in [3.05, 3.63) is 40.9 Å². The molecule has 24 heavy (non-hydrogen) atoms. The predicted molar refractivity (Wildman–Crippen MR) is 96.3 cm³/mol. The lowest BCUT2D eigenvalue weighted by Crippen LogP contribution is -2.12. The van der Waals surface area contributed by atoms with Gasteiger partial charge in [-0.05, 0) is 30.7 Å². The van der Waals surface area contributed by atoms with Gasteiger partial charge >= 0.3 is 0 Å². The molecule has 0 bridgehead atoms. The molecule has 3 aromatic rings. The number of hydrogen-bond acceptors (Lipinski definition) is 6. The van der Waals surface area contributed by atoms with E-state index in [0.29, 0.717) is 27.8 Å². The SMILES string of the molecule is COc1ccc(NC(=O)c2sc3nccc(C)c3c2N)cc1OC. The summed E-state index contributed by atoms with van der Waals surface area (Å²) in [5.41, 5.74) is 8.21. The summed E-state index contributed by atoms with van der Waals surface area (Å²) in [6.07, 6.45) is 1.71. The van der Waals surface area contributed by atoms with E-state index >= 15 is 0 Å². The Labute approximate surface area is 143 Å². The number of carbonyl (C=O) groups excluding carboxylic acids is 1. The number of amides is 1. The van der Waals surface area contributed by atoms with Crippen molar-refractivity contribution < 1.29 is 14.3 Å². The van der Waals surface area contributed by atoms with Crippen LogP contribution in [0.3, 0.4) is 0 Å². The van der Waals surface area contributed by atoms with Gasteiger partial charge in [-0.25, -0.2) is 4.98 Å². The van der Waals surface area contributed by atoms with E-state index in [2.05, 4.69) is 10.3 Å². The maximum atomic E-state index is 12.6. The number of ether oxygens (including phenoxy) is 2. The number of nitrogens with one attached hydrogen (secondary N) is 1. The van der Waals surface area contributed by atoms with Gasteiger partial charge in [0.15, 0.2) is 11.5 Å². The number of fused-ring (bicyclic) bond motifs is 1. The van der Waals surface area contributed by atoms with Gasteiger partial charge in [-0.2, -0.15) is 0 Å². The first kappa shape index (κ1) is 16.1. The summed E-state index contributed by atoms with van der Waals surface area (Å²) < 4.78 is 10.4. The molecule has 2 heterocycles. The zero-order valence-corrected chi connectivity index (χ0v) is 14.4. The fourth-order valence-corrected chi connectivity index (χ4v) is 3.51. The van der Waals surface area contributed by atoms with Crippen molar-refractivity contribution in [1.29, 1.82) is 0 Å². The van der Waals surface area contributed by atoms with Crippen molar-refractivity contribution in [1.82, 2.24) is 4.98 Å². The van der Waals surface area contributed by atoms with Gasteiger partial charge in [0.2, 0.25) is 0 Å². The molecule has 0 aliphatic heterocycles. The van der Waals surface area contributed by atoms with E-state index in [4.69, 9.17) is 15.2 Å². The molecule has 0 unspecified atom stereocenters. The van der Waals surface area contributed by atoms with Crippen LogP contribution in [0.4, 0.5) is 11.4 Å². The smallest absolute Gasteiger partial charge is 0.267 e. The van der Waals surface area contributed by atoms with E-state index in [1.54, 1.807) is 38.6 Å². The van der Waals surface area contributed by atoms with Crippen LogP contribution in [-0.4, -0.2) is 25.1 Å². The monoisotopic (exact) mass is 343 g/mol. The third-order valence-corrected chi connectivity index (χ3v) is 4.80. The Morgan fingerprint density at radius 2 is 1.96 bits per heavy atom. The van der Waals surface area contributed by atoms with Crippen molar-refractivity contribution in [3.8, 4) is 11.5 Å². The standard InChI is InChI=1S/C17H17N3O3S/c1-9-6-7-19-17-13(9)14(18)15(24-17)16(21)20-10-4-5-11(22-2)12(8-10)23-3/h4-8H,18H2,1-3H3,(H,20,21). The van der Waals surface area contributed by atoms with Crippen LogP contribution in [-0.2, 0) is 0 Å². The molecule has 6 nitrogen and oxygen atoms in total. The zero-order chi connectivity index (χ0) is 17.3. The van der Waals surface area contributed by atoms with E-state index in [-0.39, 0.29) is 5.91 Å². The lowest BCUT2D eigenvalue weighted by atomic mass is 10.1. The molecular weight excluding hydrogens is 326 g/mol. The summed E-state index contributed by atoms with van der Waals surface area (Å²) in [6, 6.07) is 7.05. The molecule has 1 amide bonds. The molecule has 0 atom stereocenters. The van der Waals surface area contributed by atoms with Gasteiger partial charge < -0.3 is 20.5 Å². The summed E-state index contributed by atoms with van der Waals surface area (Å²) in [5, 5.41) is 3.67. The van der Waals surface area contributed by atoms with Crippen LogP contribution >= 0.6 is 11.3 Å². The third kappa shape index (κ3) is 2.74. The van der Waals surface area contributed by atoms with Gasteiger partial charge in [0, 0.05) is 23.3 Å². The number of carbonyl (C=O) groups is 1. The van der Waals surface area contributed by atoms with Crippen LogP contribution in [0.1, 0.15) is 15.2 Å². The Hall–Kier alpha value is -2.80. The number of aromatic nitrogens is 1. The molecule has 0 aliphatic carbocycles. The normalized spacial score (nSPS) is 10.6. The summed E-state index contributed by atoms with van der Waals surface area (Å²) in [6.45, 7) is 1.95. The highest BCUT2D eigenvalue weighted by Gasteiger charge is 2.19.